The van der Waals surface area contributed by atoms with Crippen LogP contribution in [0.4, 0.5) is 0 Å². The average Bonchev–Trinajstić information content (AvgIpc) is 3.22. The first kappa shape index (κ1) is 24.5. The summed E-state index contributed by atoms with van der Waals surface area (Å²) in [4.78, 5) is 40.0. The number of methoxy groups -OCH3 is 1. The summed E-state index contributed by atoms with van der Waals surface area (Å²) in [5.41, 5.74) is 2.37. The lowest BCUT2D eigenvalue weighted by Crippen LogP contribution is -2.44. The Morgan fingerprint density at radius 3 is 2.61 bits per heavy atom. The van der Waals surface area contributed by atoms with Crippen LogP contribution in [-0.4, -0.2) is 52.2 Å². The molecule has 0 saturated heterocycles. The third-order valence-corrected chi connectivity index (χ3v) is 5.88. The summed E-state index contributed by atoms with van der Waals surface area (Å²) in [6.07, 6.45) is 6.12. The van der Waals surface area contributed by atoms with E-state index in [9.17, 15) is 14.4 Å². The van der Waals surface area contributed by atoms with Crippen molar-refractivity contribution in [2.24, 2.45) is 0 Å². The summed E-state index contributed by atoms with van der Waals surface area (Å²) in [5.74, 6) is -1.11. The van der Waals surface area contributed by atoms with Crippen LogP contribution in [0.15, 0.2) is 30.3 Å². The van der Waals surface area contributed by atoms with Crippen LogP contribution in [0.1, 0.15) is 77.6 Å². The number of ether oxygens (including phenoxy) is 1. The maximum absolute atomic E-state index is 13.6. The Morgan fingerprint density at radius 1 is 1.18 bits per heavy atom. The number of carbonyl (C=O) groups excluding carboxylic acids is 3. The third kappa shape index (κ3) is 6.66. The van der Waals surface area contributed by atoms with Crippen LogP contribution in [0.3, 0.4) is 0 Å². The van der Waals surface area contributed by atoms with Gasteiger partial charge in [0.25, 0.3) is 5.91 Å². The van der Waals surface area contributed by atoms with Gasteiger partial charge in [-0.05, 0) is 31.7 Å². The van der Waals surface area contributed by atoms with Crippen molar-refractivity contribution in [1.29, 1.82) is 0 Å². The monoisotopic (exact) mass is 454 g/mol. The summed E-state index contributed by atoms with van der Waals surface area (Å²) in [6, 6.07) is 9.49. The van der Waals surface area contributed by atoms with Gasteiger partial charge in [-0.15, -0.1) is 0 Å². The summed E-state index contributed by atoms with van der Waals surface area (Å²) < 4.78 is 6.30. The van der Waals surface area contributed by atoms with Crippen LogP contribution in [0.2, 0.25) is 0 Å². The Kier molecular flexibility index (Phi) is 8.63. The van der Waals surface area contributed by atoms with Crippen molar-refractivity contribution in [2.45, 2.75) is 71.5 Å². The van der Waals surface area contributed by atoms with Gasteiger partial charge in [-0.25, -0.2) is 4.79 Å². The van der Waals surface area contributed by atoms with Crippen molar-refractivity contribution in [2.75, 3.05) is 13.7 Å². The van der Waals surface area contributed by atoms with E-state index >= 15 is 0 Å². The van der Waals surface area contributed by atoms with Gasteiger partial charge in [0.15, 0.2) is 5.69 Å². The molecular weight excluding hydrogens is 420 g/mol. The molecule has 0 atom stereocenters. The zero-order valence-electron chi connectivity index (χ0n) is 19.8. The molecule has 1 N–H and O–H groups in total. The molecule has 8 nitrogen and oxygen atoms in total. The van der Waals surface area contributed by atoms with Gasteiger partial charge in [-0.1, -0.05) is 56.0 Å². The standard InChI is InChI=1S/C25H34N4O4/c1-4-13-29-22(15-21(27-29)25(32)33-3)24(31)28(16-19-10-8-9-18(2)14-19)17-23(30)26-20-11-6-5-7-12-20/h8-10,14-15,20H,4-7,11-13,16-17H2,1-3H3,(H,26,30). The first-order valence-corrected chi connectivity index (χ1v) is 11.7. The Labute approximate surface area is 195 Å². The third-order valence-electron chi connectivity index (χ3n) is 5.88. The van der Waals surface area contributed by atoms with Crippen LogP contribution in [-0.2, 0) is 22.6 Å². The van der Waals surface area contributed by atoms with Crippen molar-refractivity contribution in [1.82, 2.24) is 20.0 Å². The average molecular weight is 455 g/mol. The fourth-order valence-electron chi connectivity index (χ4n) is 4.26. The van der Waals surface area contributed by atoms with Gasteiger partial charge in [-0.3, -0.25) is 14.3 Å². The first-order valence-electron chi connectivity index (χ1n) is 11.7. The summed E-state index contributed by atoms with van der Waals surface area (Å²) >= 11 is 0. The molecule has 0 unspecified atom stereocenters. The number of aromatic nitrogens is 2. The normalized spacial score (nSPS) is 14.0. The molecule has 0 spiro atoms. The number of aryl methyl sites for hydroxylation is 2. The highest BCUT2D eigenvalue weighted by molar-refractivity contribution is 5.97. The number of nitrogens with one attached hydrogen (secondary N) is 1. The van der Waals surface area contributed by atoms with E-state index in [0.717, 1.165) is 43.2 Å². The number of esters is 1. The number of hydrogen-bond acceptors (Lipinski definition) is 5. The van der Waals surface area contributed by atoms with E-state index < -0.39 is 5.97 Å². The van der Waals surface area contributed by atoms with Gasteiger partial charge in [-0.2, -0.15) is 5.10 Å². The molecule has 0 bridgehead atoms. The second-order valence-corrected chi connectivity index (χ2v) is 8.68. The maximum atomic E-state index is 13.6. The van der Waals surface area contributed by atoms with Gasteiger partial charge >= 0.3 is 5.97 Å². The minimum absolute atomic E-state index is 0.0614. The molecule has 2 aromatic rings. The second-order valence-electron chi connectivity index (χ2n) is 8.68. The van der Waals surface area contributed by atoms with E-state index in [2.05, 4.69) is 10.4 Å². The zero-order chi connectivity index (χ0) is 23.8. The zero-order valence-corrected chi connectivity index (χ0v) is 19.8. The first-order chi connectivity index (χ1) is 15.9. The highest BCUT2D eigenvalue weighted by Crippen LogP contribution is 2.18. The minimum atomic E-state index is -0.598. The van der Waals surface area contributed by atoms with E-state index in [0.29, 0.717) is 6.54 Å². The number of benzene rings is 1. The fourth-order valence-corrected chi connectivity index (χ4v) is 4.26. The van der Waals surface area contributed by atoms with E-state index in [1.807, 2.05) is 38.1 Å². The molecule has 0 aliphatic heterocycles. The van der Waals surface area contributed by atoms with Crippen LogP contribution >= 0.6 is 0 Å². The predicted octanol–water partition coefficient (Wildman–Crippen LogP) is 3.48. The molecule has 1 saturated carbocycles. The molecule has 2 amide bonds. The fraction of sp³-hybridized carbons (Fsp3) is 0.520. The molecule has 3 rings (SSSR count). The molecule has 1 fully saturated rings. The molecule has 1 aromatic carbocycles. The molecule has 1 heterocycles. The smallest absolute Gasteiger partial charge is 0.358 e. The largest absolute Gasteiger partial charge is 0.464 e. The lowest BCUT2D eigenvalue weighted by molar-refractivity contribution is -0.122. The summed E-state index contributed by atoms with van der Waals surface area (Å²) in [7, 11) is 1.28. The molecule has 0 radical (unpaired) electrons. The number of carbonyl (C=O) groups is 3. The molecule has 33 heavy (non-hydrogen) atoms. The number of rotatable bonds is 9. The number of amides is 2. The predicted molar refractivity (Wildman–Crippen MR) is 125 cm³/mol. The molecule has 1 aliphatic rings. The lowest BCUT2D eigenvalue weighted by Gasteiger charge is -2.26. The van der Waals surface area contributed by atoms with E-state index in [4.69, 9.17) is 4.74 Å². The quantitative estimate of drug-likeness (QED) is 0.586. The maximum Gasteiger partial charge on any atom is 0.358 e. The second kappa shape index (κ2) is 11.6. The number of nitrogens with zero attached hydrogens (tertiary/aromatic N) is 3. The van der Waals surface area contributed by atoms with E-state index in [1.54, 1.807) is 0 Å². The minimum Gasteiger partial charge on any atom is -0.464 e. The molecular formula is C25H34N4O4. The van der Waals surface area contributed by atoms with Gasteiger partial charge in [0.1, 0.15) is 12.2 Å². The van der Waals surface area contributed by atoms with Crippen LogP contribution in [0.25, 0.3) is 0 Å². The van der Waals surface area contributed by atoms with E-state index in [1.165, 1.54) is 29.2 Å². The summed E-state index contributed by atoms with van der Waals surface area (Å²) in [6.45, 7) is 4.66. The van der Waals surface area contributed by atoms with Gasteiger partial charge < -0.3 is 15.0 Å². The van der Waals surface area contributed by atoms with E-state index in [-0.39, 0.29) is 42.3 Å². The van der Waals surface area contributed by atoms with Crippen LogP contribution < -0.4 is 5.32 Å². The van der Waals surface area contributed by atoms with Gasteiger partial charge in [0.2, 0.25) is 5.91 Å². The van der Waals surface area contributed by atoms with Crippen LogP contribution in [0, 0.1) is 6.92 Å². The number of hydrogen-bond donors (Lipinski definition) is 1. The van der Waals surface area contributed by atoms with Crippen molar-refractivity contribution in [3.05, 3.63) is 52.8 Å². The Bertz CT molecular complexity index is 979. The van der Waals surface area contributed by atoms with Crippen molar-refractivity contribution >= 4 is 17.8 Å². The Morgan fingerprint density at radius 2 is 1.94 bits per heavy atom. The Balaban J connectivity index is 1.85. The molecule has 1 aromatic heterocycles. The van der Waals surface area contributed by atoms with Crippen molar-refractivity contribution in [3.8, 4) is 0 Å². The topological polar surface area (TPSA) is 93.5 Å². The SMILES string of the molecule is CCCn1nc(C(=O)OC)cc1C(=O)N(CC(=O)NC1CCCCC1)Cc1cccc(C)c1. The summed E-state index contributed by atoms with van der Waals surface area (Å²) in [5, 5.41) is 7.36. The van der Waals surface area contributed by atoms with Crippen molar-refractivity contribution < 1.29 is 19.1 Å². The highest BCUT2D eigenvalue weighted by atomic mass is 16.5. The molecule has 178 valence electrons. The van der Waals surface area contributed by atoms with Crippen molar-refractivity contribution in [3.63, 3.8) is 0 Å². The van der Waals surface area contributed by atoms with Gasteiger partial charge in [0.05, 0.1) is 7.11 Å². The van der Waals surface area contributed by atoms with Crippen LogP contribution in [0.5, 0.6) is 0 Å². The molecule has 8 heteroatoms. The Hall–Kier alpha value is -3.16. The highest BCUT2D eigenvalue weighted by Gasteiger charge is 2.26. The lowest BCUT2D eigenvalue weighted by atomic mass is 9.95. The van der Waals surface area contributed by atoms with Gasteiger partial charge in [0, 0.05) is 25.2 Å². The molecule has 1 aliphatic carbocycles.